The van der Waals surface area contributed by atoms with Gasteiger partial charge in [0.15, 0.2) is 5.82 Å². The van der Waals surface area contributed by atoms with E-state index in [1.54, 1.807) is 0 Å². The van der Waals surface area contributed by atoms with Crippen molar-refractivity contribution in [3.8, 4) is 0 Å². The summed E-state index contributed by atoms with van der Waals surface area (Å²) in [5.41, 5.74) is 8.35. The maximum atomic E-state index is 11.2. The molecule has 0 aliphatic rings. The third-order valence-corrected chi connectivity index (χ3v) is 4.32. The summed E-state index contributed by atoms with van der Waals surface area (Å²) in [6.07, 6.45) is 5.48. The Kier molecular flexibility index (Phi) is 4.65. The Bertz CT molecular complexity index is 1030. The van der Waals surface area contributed by atoms with E-state index in [4.69, 9.17) is 5.73 Å². The molecular formula is C20H20N6O. The van der Waals surface area contributed by atoms with E-state index in [2.05, 4.69) is 15.1 Å². The number of carbonyl (C=O) groups is 1. The van der Waals surface area contributed by atoms with Crippen molar-refractivity contribution in [2.45, 2.75) is 25.8 Å². The summed E-state index contributed by atoms with van der Waals surface area (Å²) < 4.78 is 3.85. The first-order valence-electron chi connectivity index (χ1n) is 8.85. The molecule has 0 aliphatic heterocycles. The van der Waals surface area contributed by atoms with E-state index in [0.717, 1.165) is 29.1 Å². The van der Waals surface area contributed by atoms with Crippen molar-refractivity contribution in [3.05, 3.63) is 83.8 Å². The standard InChI is InChI=1S/C20H20N6O/c21-17(27)12-18-23-20(26(24-18)13-15-6-2-1-3-7-15)10-9-16-14-25-11-5-4-8-19(25)22-16/h1-8,11,14H,9-10,12-13H2,(H2,21,27). The molecule has 0 atom stereocenters. The fourth-order valence-electron chi connectivity index (χ4n) is 3.07. The lowest BCUT2D eigenvalue weighted by atomic mass is 10.2. The van der Waals surface area contributed by atoms with Crippen LogP contribution < -0.4 is 5.73 Å². The van der Waals surface area contributed by atoms with Gasteiger partial charge in [0.05, 0.1) is 18.7 Å². The first kappa shape index (κ1) is 17.0. The molecular weight excluding hydrogens is 340 g/mol. The molecule has 3 aromatic heterocycles. The lowest BCUT2D eigenvalue weighted by Crippen LogP contribution is -2.15. The predicted octanol–water partition coefficient (Wildman–Crippen LogP) is 1.79. The highest BCUT2D eigenvalue weighted by molar-refractivity contribution is 5.75. The maximum Gasteiger partial charge on any atom is 0.225 e. The number of nitrogens with two attached hydrogens (primary N) is 1. The molecule has 1 aromatic carbocycles. The molecule has 0 saturated heterocycles. The van der Waals surface area contributed by atoms with Crippen LogP contribution in [0.25, 0.3) is 5.65 Å². The van der Waals surface area contributed by atoms with Crippen LogP contribution in [0.5, 0.6) is 0 Å². The molecule has 0 saturated carbocycles. The number of aryl methyl sites for hydroxylation is 2. The summed E-state index contributed by atoms with van der Waals surface area (Å²) in [7, 11) is 0. The zero-order valence-corrected chi connectivity index (χ0v) is 14.8. The molecule has 0 fully saturated rings. The molecule has 3 heterocycles. The highest BCUT2D eigenvalue weighted by Crippen LogP contribution is 2.11. The fourth-order valence-corrected chi connectivity index (χ4v) is 3.07. The minimum atomic E-state index is -0.432. The molecule has 0 unspecified atom stereocenters. The van der Waals surface area contributed by atoms with Gasteiger partial charge in [-0.1, -0.05) is 36.4 Å². The van der Waals surface area contributed by atoms with Gasteiger partial charge < -0.3 is 10.1 Å². The Hall–Kier alpha value is -3.48. The minimum absolute atomic E-state index is 0.0448. The number of pyridine rings is 1. The van der Waals surface area contributed by atoms with Crippen molar-refractivity contribution in [1.29, 1.82) is 0 Å². The SMILES string of the molecule is NC(=O)Cc1nc(CCc2cn3ccccc3n2)n(Cc2ccccc2)n1. The second kappa shape index (κ2) is 7.41. The largest absolute Gasteiger partial charge is 0.369 e. The van der Waals surface area contributed by atoms with Crippen molar-refractivity contribution in [2.75, 3.05) is 0 Å². The zero-order chi connectivity index (χ0) is 18.6. The Morgan fingerprint density at radius 1 is 1.00 bits per heavy atom. The predicted molar refractivity (Wildman–Crippen MR) is 101 cm³/mol. The Morgan fingerprint density at radius 3 is 2.59 bits per heavy atom. The van der Waals surface area contributed by atoms with Gasteiger partial charge in [-0.2, -0.15) is 5.10 Å². The van der Waals surface area contributed by atoms with E-state index in [1.165, 1.54) is 0 Å². The van der Waals surface area contributed by atoms with Crippen molar-refractivity contribution < 1.29 is 4.79 Å². The second-order valence-corrected chi connectivity index (χ2v) is 6.43. The number of imidazole rings is 1. The van der Waals surface area contributed by atoms with Gasteiger partial charge in [-0.3, -0.25) is 4.79 Å². The normalized spacial score (nSPS) is 11.1. The lowest BCUT2D eigenvalue weighted by molar-refractivity contribution is -0.117. The van der Waals surface area contributed by atoms with Gasteiger partial charge in [0.2, 0.25) is 5.91 Å². The monoisotopic (exact) mass is 360 g/mol. The van der Waals surface area contributed by atoms with Gasteiger partial charge >= 0.3 is 0 Å². The van der Waals surface area contributed by atoms with Crippen LogP contribution in [0.1, 0.15) is 22.9 Å². The molecule has 7 nitrogen and oxygen atoms in total. The van der Waals surface area contributed by atoms with E-state index in [9.17, 15) is 4.79 Å². The van der Waals surface area contributed by atoms with Crippen LogP contribution >= 0.6 is 0 Å². The molecule has 0 spiro atoms. The van der Waals surface area contributed by atoms with Crippen LogP contribution in [0.15, 0.2) is 60.9 Å². The summed E-state index contributed by atoms with van der Waals surface area (Å²) in [5, 5.41) is 4.48. The van der Waals surface area contributed by atoms with Crippen LogP contribution in [-0.4, -0.2) is 30.1 Å². The maximum absolute atomic E-state index is 11.2. The number of primary amides is 1. The van der Waals surface area contributed by atoms with Crippen LogP contribution in [0.4, 0.5) is 0 Å². The number of carbonyl (C=O) groups excluding carboxylic acids is 1. The fraction of sp³-hybridized carbons (Fsp3) is 0.200. The van der Waals surface area contributed by atoms with Gasteiger partial charge in [-0.05, 0) is 24.1 Å². The molecule has 0 aliphatic carbocycles. The Morgan fingerprint density at radius 2 is 1.81 bits per heavy atom. The minimum Gasteiger partial charge on any atom is -0.369 e. The first-order chi connectivity index (χ1) is 13.2. The number of hydrogen-bond donors (Lipinski definition) is 1. The summed E-state index contributed by atoms with van der Waals surface area (Å²) in [6, 6.07) is 16.0. The van der Waals surface area contributed by atoms with Crippen molar-refractivity contribution >= 4 is 11.6 Å². The van der Waals surface area contributed by atoms with Crippen molar-refractivity contribution in [1.82, 2.24) is 24.1 Å². The van der Waals surface area contributed by atoms with Crippen molar-refractivity contribution in [3.63, 3.8) is 0 Å². The summed E-state index contributed by atoms with van der Waals surface area (Å²) in [4.78, 5) is 20.4. The Labute approximate surface area is 156 Å². The average molecular weight is 360 g/mol. The average Bonchev–Trinajstić information content (AvgIpc) is 3.23. The lowest BCUT2D eigenvalue weighted by Gasteiger charge is -2.05. The van der Waals surface area contributed by atoms with Crippen LogP contribution in [0.3, 0.4) is 0 Å². The second-order valence-electron chi connectivity index (χ2n) is 6.43. The summed E-state index contributed by atoms with van der Waals surface area (Å²) in [6.45, 7) is 0.604. The topological polar surface area (TPSA) is 91.1 Å². The number of fused-ring (bicyclic) bond motifs is 1. The zero-order valence-electron chi connectivity index (χ0n) is 14.8. The first-order valence-corrected chi connectivity index (χ1v) is 8.85. The van der Waals surface area contributed by atoms with Crippen LogP contribution in [-0.2, 0) is 30.6 Å². The quantitative estimate of drug-likeness (QED) is 0.544. The van der Waals surface area contributed by atoms with Crippen LogP contribution in [0.2, 0.25) is 0 Å². The smallest absolute Gasteiger partial charge is 0.225 e. The number of aromatic nitrogens is 5. The molecule has 2 N–H and O–H groups in total. The number of benzene rings is 1. The Balaban J connectivity index is 1.55. The highest BCUT2D eigenvalue weighted by Gasteiger charge is 2.13. The molecule has 4 aromatic rings. The van der Waals surface area contributed by atoms with Gasteiger partial charge in [0.1, 0.15) is 11.5 Å². The third-order valence-electron chi connectivity index (χ3n) is 4.32. The van der Waals surface area contributed by atoms with E-state index in [1.807, 2.05) is 70.0 Å². The van der Waals surface area contributed by atoms with E-state index in [0.29, 0.717) is 18.8 Å². The van der Waals surface area contributed by atoms with E-state index < -0.39 is 5.91 Å². The number of nitrogens with zero attached hydrogens (tertiary/aromatic N) is 5. The van der Waals surface area contributed by atoms with Gasteiger partial charge in [-0.25, -0.2) is 14.6 Å². The van der Waals surface area contributed by atoms with Crippen LogP contribution in [0, 0.1) is 0 Å². The van der Waals surface area contributed by atoms with Gasteiger partial charge in [0, 0.05) is 18.8 Å². The summed E-state index contributed by atoms with van der Waals surface area (Å²) >= 11 is 0. The van der Waals surface area contributed by atoms with Gasteiger partial charge in [-0.15, -0.1) is 0 Å². The molecule has 0 bridgehead atoms. The third kappa shape index (κ3) is 4.03. The molecule has 4 rings (SSSR count). The number of rotatable bonds is 7. The van der Waals surface area contributed by atoms with E-state index >= 15 is 0 Å². The number of hydrogen-bond acceptors (Lipinski definition) is 4. The molecule has 7 heteroatoms. The van der Waals surface area contributed by atoms with E-state index in [-0.39, 0.29) is 6.42 Å². The molecule has 0 radical (unpaired) electrons. The molecule has 136 valence electrons. The highest BCUT2D eigenvalue weighted by atomic mass is 16.1. The molecule has 27 heavy (non-hydrogen) atoms. The molecule has 1 amide bonds. The van der Waals surface area contributed by atoms with Crippen molar-refractivity contribution in [2.24, 2.45) is 5.73 Å². The number of amides is 1. The van der Waals surface area contributed by atoms with Gasteiger partial charge in [0.25, 0.3) is 0 Å². The summed E-state index contributed by atoms with van der Waals surface area (Å²) in [5.74, 6) is 0.856.